The van der Waals surface area contributed by atoms with Gasteiger partial charge in [0, 0.05) is 0 Å². The summed E-state index contributed by atoms with van der Waals surface area (Å²) in [5.74, 6) is -0.441. The third kappa shape index (κ3) is 3.51. The predicted octanol–water partition coefficient (Wildman–Crippen LogP) is 5.20. The van der Waals surface area contributed by atoms with E-state index in [0.29, 0.717) is 26.3 Å². The number of aromatic carboxylic acids is 1. The van der Waals surface area contributed by atoms with Crippen molar-refractivity contribution in [3.8, 4) is 5.75 Å². The number of carboxylic acids is 1. The lowest BCUT2D eigenvalue weighted by atomic mass is 10.2. The van der Waals surface area contributed by atoms with Crippen LogP contribution >= 0.6 is 54.8 Å². The van der Waals surface area contributed by atoms with Gasteiger partial charge in [-0.1, -0.05) is 11.6 Å². The topological polar surface area (TPSA) is 46.5 Å². The summed E-state index contributed by atoms with van der Waals surface area (Å²) in [5.41, 5.74) is 0.181. The highest BCUT2D eigenvalue weighted by Gasteiger charge is 2.13. The Morgan fingerprint density at radius 3 is 2.47 bits per heavy atom. The number of hydrogen-bond acceptors (Lipinski definition) is 3. The van der Waals surface area contributed by atoms with Crippen LogP contribution in [-0.2, 0) is 6.61 Å². The van der Waals surface area contributed by atoms with Gasteiger partial charge in [-0.25, -0.2) is 4.79 Å². The predicted molar refractivity (Wildman–Crippen MR) is 82.5 cm³/mol. The van der Waals surface area contributed by atoms with Gasteiger partial charge in [-0.15, -0.1) is 11.3 Å². The van der Waals surface area contributed by atoms with Crippen LogP contribution in [0.15, 0.2) is 32.5 Å². The van der Waals surface area contributed by atoms with Crippen LogP contribution in [0.3, 0.4) is 0 Å². The molecule has 0 fully saturated rings. The first-order valence-electron chi connectivity index (χ1n) is 5.06. The van der Waals surface area contributed by atoms with E-state index >= 15 is 0 Å². The fourth-order valence-corrected chi connectivity index (χ4v) is 3.80. The maximum absolute atomic E-state index is 10.9. The smallest absolute Gasteiger partial charge is 0.335 e. The molecule has 3 nitrogen and oxygen atoms in total. The Bertz CT molecular complexity index is 604. The van der Waals surface area contributed by atoms with Crippen molar-refractivity contribution >= 4 is 60.8 Å². The number of ether oxygens (including phenoxy) is 1. The molecule has 2 aromatic rings. The van der Waals surface area contributed by atoms with Crippen molar-refractivity contribution in [2.45, 2.75) is 6.61 Å². The van der Waals surface area contributed by atoms with E-state index in [1.54, 1.807) is 0 Å². The second-order valence-corrected chi connectivity index (χ2v) is 6.67. The van der Waals surface area contributed by atoms with Crippen LogP contribution in [0.5, 0.6) is 5.75 Å². The first-order valence-corrected chi connectivity index (χ1v) is 7.90. The zero-order valence-electron chi connectivity index (χ0n) is 9.32. The molecule has 19 heavy (non-hydrogen) atoms. The zero-order chi connectivity index (χ0) is 14.0. The molecule has 1 aromatic carbocycles. The van der Waals surface area contributed by atoms with Crippen LogP contribution in [0.1, 0.15) is 15.2 Å². The Morgan fingerprint density at radius 1 is 1.37 bits per heavy atom. The molecule has 0 saturated carbocycles. The molecule has 0 unspecified atom stereocenters. The summed E-state index contributed by atoms with van der Waals surface area (Å²) in [6, 6.07) is 4.81. The first-order chi connectivity index (χ1) is 8.99. The number of carboxylic acid groups (broad SMARTS) is 1. The van der Waals surface area contributed by atoms with Gasteiger partial charge in [-0.3, -0.25) is 0 Å². The average molecular weight is 427 g/mol. The SMILES string of the molecule is O=C(O)c1cc(Br)c(OCc2sccc2Cl)c(Br)c1. The van der Waals surface area contributed by atoms with Crippen molar-refractivity contribution in [1.29, 1.82) is 0 Å². The molecule has 1 heterocycles. The molecule has 0 atom stereocenters. The van der Waals surface area contributed by atoms with E-state index in [-0.39, 0.29) is 5.56 Å². The fraction of sp³-hybridized carbons (Fsp3) is 0.0833. The van der Waals surface area contributed by atoms with Gasteiger partial charge in [0.15, 0.2) is 0 Å². The van der Waals surface area contributed by atoms with E-state index in [1.165, 1.54) is 23.5 Å². The fourth-order valence-electron chi connectivity index (χ4n) is 1.39. The number of benzene rings is 1. The van der Waals surface area contributed by atoms with E-state index < -0.39 is 5.97 Å². The lowest BCUT2D eigenvalue weighted by Gasteiger charge is -2.10. The minimum atomic E-state index is -0.991. The Labute approximate surface area is 135 Å². The van der Waals surface area contributed by atoms with Crippen LogP contribution in [0.4, 0.5) is 0 Å². The molecular weight excluding hydrogens is 419 g/mol. The number of halogens is 3. The molecule has 100 valence electrons. The second-order valence-electron chi connectivity index (χ2n) is 3.55. The first kappa shape index (κ1) is 14.8. The molecule has 0 radical (unpaired) electrons. The summed E-state index contributed by atoms with van der Waals surface area (Å²) in [4.78, 5) is 11.8. The average Bonchev–Trinajstić information content (AvgIpc) is 2.73. The van der Waals surface area contributed by atoms with Crippen molar-refractivity contribution in [2.75, 3.05) is 0 Å². The Kier molecular flexibility index (Phi) is 4.89. The molecule has 2 rings (SSSR count). The normalized spacial score (nSPS) is 10.5. The lowest BCUT2D eigenvalue weighted by Crippen LogP contribution is -2.00. The number of rotatable bonds is 4. The highest BCUT2D eigenvalue weighted by molar-refractivity contribution is 9.11. The summed E-state index contributed by atoms with van der Waals surface area (Å²) in [7, 11) is 0. The largest absolute Gasteiger partial charge is 0.486 e. The highest BCUT2D eigenvalue weighted by atomic mass is 79.9. The van der Waals surface area contributed by atoms with Gasteiger partial charge in [0.2, 0.25) is 0 Å². The van der Waals surface area contributed by atoms with Crippen LogP contribution in [0, 0.1) is 0 Å². The standard InChI is InChI=1S/C12H7Br2ClO3S/c13-7-3-6(12(16)17)4-8(14)11(7)18-5-10-9(15)1-2-19-10/h1-4H,5H2,(H,16,17). The molecule has 1 aromatic heterocycles. The Hall–Kier alpha value is -0.560. The molecule has 0 saturated heterocycles. The molecule has 0 bridgehead atoms. The molecule has 0 spiro atoms. The van der Waals surface area contributed by atoms with Crippen LogP contribution in [-0.4, -0.2) is 11.1 Å². The third-order valence-electron chi connectivity index (χ3n) is 2.28. The van der Waals surface area contributed by atoms with Gasteiger partial charge in [0.1, 0.15) is 12.4 Å². The Morgan fingerprint density at radius 2 is 2.00 bits per heavy atom. The minimum absolute atomic E-state index is 0.181. The van der Waals surface area contributed by atoms with Crippen molar-refractivity contribution in [1.82, 2.24) is 0 Å². The van der Waals surface area contributed by atoms with Gasteiger partial charge in [0.05, 0.1) is 24.4 Å². The summed E-state index contributed by atoms with van der Waals surface area (Å²) < 4.78 is 6.82. The van der Waals surface area contributed by atoms with Crippen LogP contribution < -0.4 is 4.74 Å². The maximum atomic E-state index is 10.9. The zero-order valence-corrected chi connectivity index (χ0v) is 14.1. The van der Waals surface area contributed by atoms with E-state index in [1.807, 2.05) is 11.4 Å². The van der Waals surface area contributed by atoms with E-state index in [0.717, 1.165) is 4.88 Å². The maximum Gasteiger partial charge on any atom is 0.335 e. The van der Waals surface area contributed by atoms with E-state index in [4.69, 9.17) is 21.4 Å². The lowest BCUT2D eigenvalue weighted by molar-refractivity contribution is 0.0696. The van der Waals surface area contributed by atoms with Gasteiger partial charge in [-0.2, -0.15) is 0 Å². The van der Waals surface area contributed by atoms with Crippen molar-refractivity contribution < 1.29 is 14.6 Å². The summed E-state index contributed by atoms with van der Waals surface area (Å²) in [5, 5.41) is 11.5. The van der Waals surface area contributed by atoms with E-state index in [9.17, 15) is 4.79 Å². The van der Waals surface area contributed by atoms with Gasteiger partial charge in [0.25, 0.3) is 0 Å². The van der Waals surface area contributed by atoms with Gasteiger partial charge >= 0.3 is 5.97 Å². The van der Waals surface area contributed by atoms with Gasteiger partial charge in [-0.05, 0) is 55.4 Å². The third-order valence-corrected chi connectivity index (χ3v) is 4.82. The quantitative estimate of drug-likeness (QED) is 0.731. The van der Waals surface area contributed by atoms with Crippen molar-refractivity contribution in [2.24, 2.45) is 0 Å². The molecule has 0 aliphatic carbocycles. The van der Waals surface area contributed by atoms with Crippen LogP contribution in [0.25, 0.3) is 0 Å². The summed E-state index contributed by atoms with van der Waals surface area (Å²) in [6.07, 6.45) is 0. The molecular formula is C12H7Br2ClO3S. The number of carbonyl (C=O) groups is 1. The molecule has 1 N–H and O–H groups in total. The Balaban J connectivity index is 2.21. The summed E-state index contributed by atoms with van der Waals surface area (Å²) in [6.45, 7) is 0.333. The number of hydrogen-bond donors (Lipinski definition) is 1. The molecule has 0 aliphatic heterocycles. The minimum Gasteiger partial charge on any atom is -0.486 e. The van der Waals surface area contributed by atoms with Crippen molar-refractivity contribution in [3.63, 3.8) is 0 Å². The highest BCUT2D eigenvalue weighted by Crippen LogP contribution is 2.36. The molecule has 0 amide bonds. The molecule has 7 heteroatoms. The second kappa shape index (κ2) is 6.26. The van der Waals surface area contributed by atoms with Crippen LogP contribution in [0.2, 0.25) is 5.02 Å². The summed E-state index contributed by atoms with van der Waals surface area (Å²) >= 11 is 14.1. The van der Waals surface area contributed by atoms with E-state index in [2.05, 4.69) is 31.9 Å². The van der Waals surface area contributed by atoms with Gasteiger partial charge < -0.3 is 9.84 Å². The van der Waals surface area contributed by atoms with Crippen molar-refractivity contribution in [3.05, 3.63) is 48.0 Å². The monoisotopic (exact) mass is 424 g/mol. The number of thiophene rings is 1. The molecule has 0 aliphatic rings.